The number of benzene rings is 4. The van der Waals surface area contributed by atoms with Crippen LogP contribution in [0.2, 0.25) is 5.02 Å². The predicted octanol–water partition coefficient (Wildman–Crippen LogP) is 6.97. The zero-order valence-electron chi connectivity index (χ0n) is 27.9. The highest BCUT2D eigenvalue weighted by Crippen LogP contribution is 2.44. The number of aliphatic imine (C=N–C) groups is 1. The molecule has 0 bridgehead atoms. The van der Waals surface area contributed by atoms with Crippen LogP contribution in [-0.2, 0) is 25.6 Å². The molecule has 2 atom stereocenters. The predicted molar refractivity (Wildman–Crippen MR) is 190 cm³/mol. The average Bonchev–Trinajstić information content (AvgIpc) is 3.48. The molecule has 4 aromatic rings. The van der Waals surface area contributed by atoms with Crippen LogP contribution in [0.5, 0.6) is 5.75 Å². The summed E-state index contributed by atoms with van der Waals surface area (Å²) < 4.78 is 17.9. The van der Waals surface area contributed by atoms with Crippen LogP contribution < -0.4 is 15.6 Å². The van der Waals surface area contributed by atoms with Crippen molar-refractivity contribution in [3.8, 4) is 16.9 Å². The van der Waals surface area contributed by atoms with Crippen molar-refractivity contribution in [3.63, 3.8) is 0 Å². The monoisotopic (exact) mass is 683 g/mol. The summed E-state index contributed by atoms with van der Waals surface area (Å²) in [4.78, 5) is 32.4. The van der Waals surface area contributed by atoms with E-state index in [1.807, 2.05) is 84.9 Å². The molecule has 0 aliphatic carbocycles. The lowest BCUT2D eigenvalue weighted by Crippen LogP contribution is -2.52. The van der Waals surface area contributed by atoms with Crippen molar-refractivity contribution in [1.29, 1.82) is 0 Å². The number of ether oxygens (including phenoxy) is 3. The molecule has 1 aliphatic rings. The molecule has 0 fully saturated rings. The van der Waals surface area contributed by atoms with Crippen LogP contribution in [-0.4, -0.2) is 47.2 Å². The fourth-order valence-corrected chi connectivity index (χ4v) is 5.73. The van der Waals surface area contributed by atoms with E-state index in [0.29, 0.717) is 35.9 Å². The highest BCUT2D eigenvalue weighted by Gasteiger charge is 2.53. The first-order valence-electron chi connectivity index (χ1n) is 16.3. The fraction of sp³-hybridized carbons (Fsp3) is 0.308. The Hall–Kier alpha value is -4.70. The second kappa shape index (κ2) is 16.1. The van der Waals surface area contributed by atoms with E-state index in [-0.39, 0.29) is 25.3 Å². The van der Waals surface area contributed by atoms with Gasteiger partial charge in [0, 0.05) is 36.6 Å². The zero-order valence-corrected chi connectivity index (χ0v) is 28.7. The van der Waals surface area contributed by atoms with Crippen molar-refractivity contribution in [2.45, 2.75) is 63.8 Å². The average molecular weight is 684 g/mol. The van der Waals surface area contributed by atoms with Crippen LogP contribution in [0.15, 0.2) is 108 Å². The lowest BCUT2D eigenvalue weighted by atomic mass is 9.83. The molecular formula is C39H42ClN3O6. The van der Waals surface area contributed by atoms with E-state index in [4.69, 9.17) is 35.9 Å². The lowest BCUT2D eigenvalue weighted by molar-refractivity contribution is -0.155. The van der Waals surface area contributed by atoms with Crippen molar-refractivity contribution >= 4 is 29.4 Å². The van der Waals surface area contributed by atoms with E-state index in [2.05, 4.69) is 10.9 Å². The van der Waals surface area contributed by atoms with Crippen LogP contribution in [0.4, 0.5) is 0 Å². The van der Waals surface area contributed by atoms with Gasteiger partial charge >= 0.3 is 5.97 Å². The van der Waals surface area contributed by atoms with Crippen molar-refractivity contribution in [2.75, 3.05) is 13.2 Å². The van der Waals surface area contributed by atoms with Crippen LogP contribution in [0.3, 0.4) is 0 Å². The number of hydrogen-bond donors (Lipinski definition) is 3. The Morgan fingerprint density at radius 3 is 2.29 bits per heavy atom. The first-order valence-corrected chi connectivity index (χ1v) is 16.7. The van der Waals surface area contributed by atoms with Gasteiger partial charge in [0.25, 0.3) is 5.91 Å². The molecule has 0 saturated heterocycles. The van der Waals surface area contributed by atoms with E-state index in [9.17, 15) is 9.59 Å². The van der Waals surface area contributed by atoms with E-state index in [1.54, 1.807) is 39.0 Å². The maximum atomic E-state index is 14.4. The maximum Gasteiger partial charge on any atom is 0.306 e. The molecule has 1 aliphatic heterocycles. The third kappa shape index (κ3) is 9.47. The molecule has 256 valence electrons. The number of hydrazine groups is 1. The minimum absolute atomic E-state index is 0.0174. The van der Waals surface area contributed by atoms with Gasteiger partial charge in [0.1, 0.15) is 11.4 Å². The Morgan fingerprint density at radius 2 is 1.61 bits per heavy atom. The normalized spacial score (nSPS) is 17.2. The molecular weight excluding hydrogens is 642 g/mol. The van der Waals surface area contributed by atoms with Crippen LogP contribution in [0.25, 0.3) is 11.1 Å². The quantitative estimate of drug-likeness (QED) is 0.0747. The first-order chi connectivity index (χ1) is 23.6. The first kappa shape index (κ1) is 35.6. The summed E-state index contributed by atoms with van der Waals surface area (Å²) in [6.45, 7) is 6.13. The number of aliphatic hydroxyl groups excluding tert-OH is 1. The van der Waals surface area contributed by atoms with Gasteiger partial charge in [0.15, 0.2) is 11.6 Å². The molecule has 1 heterocycles. The van der Waals surface area contributed by atoms with Crippen molar-refractivity contribution < 1.29 is 28.9 Å². The van der Waals surface area contributed by atoms with E-state index in [1.165, 1.54) is 0 Å². The fourth-order valence-electron chi connectivity index (χ4n) is 5.52. The van der Waals surface area contributed by atoms with Gasteiger partial charge in [-0.2, -0.15) is 0 Å². The highest BCUT2D eigenvalue weighted by atomic mass is 35.5. The standard InChI is InChI=1S/C39H42ClN3O6/c1-38(2,3)49-34(45)21-22-39(37(46)43-41-26-27-9-7-12-32(40)25-27)35(30-15-13-29(14-16-30)28-10-5-4-6-11-28)48-36(42-39)31-17-19-33(20-18-31)47-24-8-23-44/h4-7,9-20,25,35,41,44H,8,21-24,26H2,1-3H3,(H,43,46)/t35-,39-/m0/s1. The van der Waals surface area contributed by atoms with Gasteiger partial charge in [-0.05, 0) is 85.8 Å². The molecule has 0 aromatic heterocycles. The molecule has 49 heavy (non-hydrogen) atoms. The molecule has 3 N–H and O–H groups in total. The third-order valence-electron chi connectivity index (χ3n) is 7.86. The number of esters is 1. The van der Waals surface area contributed by atoms with Gasteiger partial charge in [-0.1, -0.05) is 78.3 Å². The number of nitrogens with zero attached hydrogens (tertiary/aromatic N) is 1. The number of aliphatic hydroxyl groups is 1. The number of amides is 1. The summed E-state index contributed by atoms with van der Waals surface area (Å²) in [5.74, 6) is -0.0248. The molecule has 4 aromatic carbocycles. The van der Waals surface area contributed by atoms with E-state index >= 15 is 0 Å². The second-order valence-electron chi connectivity index (χ2n) is 12.8. The summed E-state index contributed by atoms with van der Waals surface area (Å²) in [6.07, 6.45) is -0.412. The Morgan fingerprint density at radius 1 is 0.918 bits per heavy atom. The number of halogens is 1. The Balaban J connectivity index is 1.50. The topological polar surface area (TPSA) is 118 Å². The molecule has 0 unspecified atom stereocenters. The second-order valence-corrected chi connectivity index (χ2v) is 13.2. The minimum atomic E-state index is -1.54. The Bertz CT molecular complexity index is 1740. The van der Waals surface area contributed by atoms with Crippen molar-refractivity contribution in [2.24, 2.45) is 4.99 Å². The largest absolute Gasteiger partial charge is 0.494 e. The molecule has 10 heteroatoms. The van der Waals surface area contributed by atoms with Crippen LogP contribution in [0, 0.1) is 0 Å². The molecule has 5 rings (SSSR count). The summed E-state index contributed by atoms with van der Waals surface area (Å²) in [5.41, 5.74) is 7.90. The van der Waals surface area contributed by atoms with E-state index < -0.39 is 29.1 Å². The molecule has 0 radical (unpaired) electrons. The van der Waals surface area contributed by atoms with Crippen molar-refractivity contribution in [1.82, 2.24) is 10.9 Å². The highest BCUT2D eigenvalue weighted by molar-refractivity contribution is 6.30. The van der Waals surface area contributed by atoms with Crippen LogP contribution >= 0.6 is 11.6 Å². The zero-order chi connectivity index (χ0) is 34.9. The SMILES string of the molecule is CC(C)(C)OC(=O)CC[C@]1(C(=O)NNCc2cccc(Cl)c2)N=C(c2ccc(OCCCO)cc2)O[C@H]1c1ccc(-c2ccccc2)cc1. The molecule has 9 nitrogen and oxygen atoms in total. The van der Waals surface area contributed by atoms with Gasteiger partial charge in [0.05, 0.1) is 6.61 Å². The smallest absolute Gasteiger partial charge is 0.306 e. The third-order valence-corrected chi connectivity index (χ3v) is 8.10. The molecule has 0 spiro atoms. The summed E-state index contributed by atoms with van der Waals surface area (Å²) in [7, 11) is 0. The summed E-state index contributed by atoms with van der Waals surface area (Å²) in [5, 5.41) is 9.68. The number of hydrogen-bond acceptors (Lipinski definition) is 8. The summed E-state index contributed by atoms with van der Waals surface area (Å²) in [6, 6.07) is 32.3. The van der Waals surface area contributed by atoms with Gasteiger partial charge in [-0.15, -0.1) is 0 Å². The van der Waals surface area contributed by atoms with Crippen LogP contribution in [0.1, 0.15) is 62.8 Å². The van der Waals surface area contributed by atoms with Gasteiger partial charge in [0.2, 0.25) is 5.90 Å². The number of nitrogens with one attached hydrogen (secondary N) is 2. The van der Waals surface area contributed by atoms with Crippen molar-refractivity contribution in [3.05, 3.63) is 125 Å². The van der Waals surface area contributed by atoms with Gasteiger partial charge in [-0.25, -0.2) is 10.4 Å². The molecule has 0 saturated carbocycles. The van der Waals surface area contributed by atoms with Gasteiger partial charge in [-0.3, -0.25) is 15.0 Å². The van der Waals surface area contributed by atoms with Gasteiger partial charge < -0.3 is 19.3 Å². The Kier molecular flexibility index (Phi) is 11.7. The Labute approximate surface area is 292 Å². The summed E-state index contributed by atoms with van der Waals surface area (Å²) >= 11 is 6.17. The number of rotatable bonds is 14. The maximum absolute atomic E-state index is 14.4. The van der Waals surface area contributed by atoms with E-state index in [0.717, 1.165) is 22.3 Å². The molecule has 1 amide bonds. The number of carbonyl (C=O) groups excluding carboxylic acids is 2. The lowest BCUT2D eigenvalue weighted by Gasteiger charge is -2.31. The number of carbonyl (C=O) groups is 2. The minimum Gasteiger partial charge on any atom is -0.494 e.